The van der Waals surface area contributed by atoms with Crippen molar-refractivity contribution in [1.29, 1.82) is 0 Å². The number of nitrogens with zero attached hydrogens (tertiary/aromatic N) is 3. The van der Waals surface area contributed by atoms with Gasteiger partial charge in [0.05, 0.1) is 11.6 Å². The maximum atomic E-state index is 14.5. The van der Waals surface area contributed by atoms with E-state index in [1.54, 1.807) is 4.57 Å². The Kier molecular flexibility index (Phi) is 2.90. The number of benzene rings is 1. The first-order valence-corrected chi connectivity index (χ1v) is 8.75. The SMILES string of the molecule is O=c1n(C23CCC(F)(CC2)C3)nc2n1[C@H](c1cc(F)cc(F)c1)CC2. The monoisotopic (exact) mass is 349 g/mol. The van der Waals surface area contributed by atoms with Crippen molar-refractivity contribution in [3.8, 4) is 0 Å². The fourth-order valence-electron chi connectivity index (χ4n) is 5.08. The van der Waals surface area contributed by atoms with Crippen LogP contribution in [0.25, 0.3) is 0 Å². The second kappa shape index (κ2) is 4.77. The topological polar surface area (TPSA) is 39.8 Å². The molecular weight excluding hydrogens is 331 g/mol. The molecule has 1 aromatic heterocycles. The molecule has 1 atom stereocenters. The van der Waals surface area contributed by atoms with Gasteiger partial charge in [0.1, 0.15) is 23.1 Å². The molecule has 2 saturated carbocycles. The maximum Gasteiger partial charge on any atom is 0.347 e. The highest BCUT2D eigenvalue weighted by atomic mass is 19.1. The molecule has 1 aromatic carbocycles. The largest absolute Gasteiger partial charge is 0.347 e. The minimum absolute atomic E-state index is 0.284. The van der Waals surface area contributed by atoms with Crippen molar-refractivity contribution >= 4 is 0 Å². The third-order valence-electron chi connectivity index (χ3n) is 6.28. The lowest BCUT2D eigenvalue weighted by molar-refractivity contribution is 0.176. The zero-order chi connectivity index (χ0) is 17.4. The number of halogens is 3. The second-order valence-corrected chi connectivity index (χ2v) is 7.79. The summed E-state index contributed by atoms with van der Waals surface area (Å²) in [5, 5.41) is 4.51. The van der Waals surface area contributed by atoms with Gasteiger partial charge in [-0.1, -0.05) is 0 Å². The van der Waals surface area contributed by atoms with Crippen LogP contribution in [-0.4, -0.2) is 20.0 Å². The van der Waals surface area contributed by atoms with E-state index in [2.05, 4.69) is 5.10 Å². The zero-order valence-electron chi connectivity index (χ0n) is 13.6. The Morgan fingerprint density at radius 2 is 1.76 bits per heavy atom. The number of hydrogen-bond donors (Lipinski definition) is 0. The lowest BCUT2D eigenvalue weighted by atomic mass is 9.93. The number of alkyl halides is 1. The molecule has 2 aromatic rings. The number of aromatic nitrogens is 3. The predicted molar refractivity (Wildman–Crippen MR) is 84.2 cm³/mol. The third kappa shape index (κ3) is 2.07. The van der Waals surface area contributed by atoms with Gasteiger partial charge in [-0.15, -0.1) is 0 Å². The molecule has 2 aliphatic carbocycles. The van der Waals surface area contributed by atoms with E-state index in [0.717, 1.165) is 6.07 Å². The predicted octanol–water partition coefficient (Wildman–Crippen LogP) is 3.24. The average molecular weight is 349 g/mol. The van der Waals surface area contributed by atoms with Crippen molar-refractivity contribution in [2.24, 2.45) is 0 Å². The fourth-order valence-corrected chi connectivity index (χ4v) is 5.08. The molecule has 0 unspecified atom stereocenters. The Hall–Kier alpha value is -2.05. The lowest BCUT2D eigenvalue weighted by Crippen LogP contribution is -2.40. The first kappa shape index (κ1) is 15.2. The zero-order valence-corrected chi connectivity index (χ0v) is 13.6. The molecule has 3 aliphatic rings. The van der Waals surface area contributed by atoms with Crippen LogP contribution in [0, 0.1) is 11.6 Å². The molecule has 0 amide bonds. The Labute approximate surface area is 142 Å². The van der Waals surface area contributed by atoms with Crippen LogP contribution in [0.1, 0.15) is 56.0 Å². The van der Waals surface area contributed by atoms with E-state index in [0.29, 0.717) is 56.3 Å². The number of fused-ring (bicyclic) bond motifs is 3. The number of hydrogen-bond acceptors (Lipinski definition) is 2. The van der Waals surface area contributed by atoms with Crippen molar-refractivity contribution in [2.75, 3.05) is 0 Å². The molecule has 132 valence electrons. The van der Waals surface area contributed by atoms with Gasteiger partial charge in [0.25, 0.3) is 0 Å². The quantitative estimate of drug-likeness (QED) is 0.835. The molecule has 1 aliphatic heterocycles. The molecule has 0 radical (unpaired) electrons. The summed E-state index contributed by atoms with van der Waals surface area (Å²) in [6, 6.07) is 2.93. The van der Waals surface area contributed by atoms with Crippen LogP contribution in [0.3, 0.4) is 0 Å². The summed E-state index contributed by atoms with van der Waals surface area (Å²) in [4.78, 5) is 13.0. The van der Waals surface area contributed by atoms with Gasteiger partial charge in [0.2, 0.25) is 0 Å². The first-order chi connectivity index (χ1) is 11.9. The molecular formula is C18H18F3N3O. The van der Waals surface area contributed by atoms with E-state index in [1.165, 1.54) is 16.8 Å². The van der Waals surface area contributed by atoms with Gasteiger partial charge in [0, 0.05) is 18.9 Å². The summed E-state index contributed by atoms with van der Waals surface area (Å²) in [5.74, 6) is -0.690. The molecule has 25 heavy (non-hydrogen) atoms. The second-order valence-electron chi connectivity index (χ2n) is 7.79. The number of rotatable bonds is 2. The highest BCUT2D eigenvalue weighted by molar-refractivity contribution is 5.25. The van der Waals surface area contributed by atoms with Crippen LogP contribution in [0.5, 0.6) is 0 Å². The Bertz CT molecular complexity index is 904. The van der Waals surface area contributed by atoms with Crippen LogP contribution in [-0.2, 0) is 12.0 Å². The number of aryl methyl sites for hydroxylation is 1. The van der Waals surface area contributed by atoms with Gasteiger partial charge in [-0.25, -0.2) is 22.6 Å². The summed E-state index contributed by atoms with van der Waals surface area (Å²) in [6.45, 7) is 0. The molecule has 4 nitrogen and oxygen atoms in total. The normalized spacial score (nSPS) is 33.2. The Balaban J connectivity index is 1.59. The molecule has 2 heterocycles. The minimum atomic E-state index is -1.17. The molecule has 2 bridgehead atoms. The summed E-state index contributed by atoms with van der Waals surface area (Å²) in [5.41, 5.74) is -1.54. The van der Waals surface area contributed by atoms with E-state index >= 15 is 0 Å². The van der Waals surface area contributed by atoms with Gasteiger partial charge in [-0.2, -0.15) is 5.10 Å². The summed E-state index contributed by atoms with van der Waals surface area (Å²) < 4.78 is 44.7. The van der Waals surface area contributed by atoms with Crippen LogP contribution in [0.4, 0.5) is 13.2 Å². The molecule has 0 saturated heterocycles. The lowest BCUT2D eigenvalue weighted by Gasteiger charge is -2.25. The van der Waals surface area contributed by atoms with Gasteiger partial charge in [-0.3, -0.25) is 4.57 Å². The highest BCUT2D eigenvalue weighted by Crippen LogP contribution is 2.56. The maximum absolute atomic E-state index is 14.5. The van der Waals surface area contributed by atoms with Gasteiger partial charge in [-0.05, 0) is 49.8 Å². The van der Waals surface area contributed by atoms with Crippen molar-refractivity contribution in [3.05, 3.63) is 51.7 Å². The van der Waals surface area contributed by atoms with Gasteiger partial charge < -0.3 is 0 Å². The average Bonchev–Trinajstić information content (AvgIpc) is 3.26. The third-order valence-corrected chi connectivity index (χ3v) is 6.28. The van der Waals surface area contributed by atoms with Gasteiger partial charge >= 0.3 is 5.69 Å². The van der Waals surface area contributed by atoms with Crippen molar-refractivity contribution in [1.82, 2.24) is 14.3 Å². The molecule has 7 heteroatoms. The van der Waals surface area contributed by atoms with E-state index in [9.17, 15) is 18.0 Å². The van der Waals surface area contributed by atoms with Crippen molar-refractivity contribution < 1.29 is 13.2 Å². The Morgan fingerprint density at radius 3 is 2.36 bits per heavy atom. The minimum Gasteiger partial charge on any atom is -0.271 e. The van der Waals surface area contributed by atoms with Crippen LogP contribution in [0.2, 0.25) is 0 Å². The molecule has 5 rings (SSSR count). The molecule has 0 N–H and O–H groups in total. The summed E-state index contributed by atoms with van der Waals surface area (Å²) in [6.07, 6.45) is 3.69. The van der Waals surface area contributed by atoms with Crippen LogP contribution in [0.15, 0.2) is 23.0 Å². The van der Waals surface area contributed by atoms with Crippen molar-refractivity contribution in [2.45, 2.75) is 62.2 Å². The summed E-state index contributed by atoms with van der Waals surface area (Å²) in [7, 11) is 0. The smallest absolute Gasteiger partial charge is 0.271 e. The van der Waals surface area contributed by atoms with E-state index in [-0.39, 0.29) is 5.69 Å². The van der Waals surface area contributed by atoms with E-state index in [1.807, 2.05) is 0 Å². The van der Waals surface area contributed by atoms with E-state index in [4.69, 9.17) is 0 Å². The van der Waals surface area contributed by atoms with E-state index < -0.39 is 28.9 Å². The first-order valence-electron chi connectivity index (χ1n) is 8.75. The van der Waals surface area contributed by atoms with Crippen LogP contribution >= 0.6 is 0 Å². The Morgan fingerprint density at radius 1 is 1.08 bits per heavy atom. The highest BCUT2D eigenvalue weighted by Gasteiger charge is 2.57. The molecule has 0 spiro atoms. The fraction of sp³-hybridized carbons (Fsp3) is 0.556. The van der Waals surface area contributed by atoms with Crippen LogP contribution < -0.4 is 5.69 Å². The van der Waals surface area contributed by atoms with Crippen molar-refractivity contribution in [3.63, 3.8) is 0 Å². The standard InChI is InChI=1S/C18H18F3N3O/c19-12-7-11(8-13(20)9-12)14-1-2-15-22-24(16(25)23(14)15)18-5-3-17(21,10-18)4-6-18/h7-9,14H,1-6,10H2/t14-,17?,18?/m0/s1. The molecule has 2 fully saturated rings. The summed E-state index contributed by atoms with van der Waals surface area (Å²) >= 11 is 0. The van der Waals surface area contributed by atoms with Gasteiger partial charge in [0.15, 0.2) is 0 Å².